The van der Waals surface area contributed by atoms with Gasteiger partial charge in [-0.2, -0.15) is 5.26 Å². The molecule has 3 rings (SSSR count). The van der Waals surface area contributed by atoms with Crippen LogP contribution in [0, 0.1) is 17.2 Å². The normalized spacial score (nSPS) is 18.1. The summed E-state index contributed by atoms with van der Waals surface area (Å²) in [6.07, 6.45) is 1.23. The molecule has 1 aromatic heterocycles. The predicted molar refractivity (Wildman–Crippen MR) is 102 cm³/mol. The first-order valence-electron chi connectivity index (χ1n) is 8.38. The van der Waals surface area contributed by atoms with Crippen LogP contribution < -0.4 is 5.32 Å². The molecule has 1 fully saturated rings. The molecule has 10 heteroatoms. The number of hydrogen-bond donors (Lipinski definition) is 1. The van der Waals surface area contributed by atoms with Crippen molar-refractivity contribution in [2.24, 2.45) is 13.0 Å². The van der Waals surface area contributed by atoms with Gasteiger partial charge >= 0.3 is 0 Å². The molecule has 27 heavy (non-hydrogen) atoms. The van der Waals surface area contributed by atoms with Gasteiger partial charge in [0.2, 0.25) is 5.91 Å². The summed E-state index contributed by atoms with van der Waals surface area (Å²) >= 11 is 1.27. The molecule has 0 saturated carbocycles. The maximum Gasteiger partial charge on any atom is 0.234 e. The van der Waals surface area contributed by atoms with Crippen molar-refractivity contribution in [1.29, 1.82) is 5.26 Å². The molecule has 1 atom stereocenters. The van der Waals surface area contributed by atoms with Crippen molar-refractivity contribution < 1.29 is 13.2 Å². The van der Waals surface area contributed by atoms with Gasteiger partial charge in [0.05, 0.1) is 28.9 Å². The van der Waals surface area contributed by atoms with Crippen LogP contribution in [-0.2, 0) is 28.1 Å². The van der Waals surface area contributed by atoms with Crippen molar-refractivity contribution in [2.45, 2.75) is 18.0 Å². The molecule has 0 unspecified atom stereocenters. The van der Waals surface area contributed by atoms with Gasteiger partial charge in [-0.25, -0.2) is 8.42 Å². The van der Waals surface area contributed by atoms with Gasteiger partial charge < -0.3 is 9.88 Å². The fraction of sp³-hybridized carbons (Fsp3) is 0.412. The van der Waals surface area contributed by atoms with Gasteiger partial charge in [0.15, 0.2) is 15.0 Å². The monoisotopic (exact) mass is 405 g/mol. The number of hydrogen-bond acceptors (Lipinski definition) is 7. The van der Waals surface area contributed by atoms with Crippen LogP contribution in [0.2, 0.25) is 0 Å². The average molecular weight is 406 g/mol. The number of anilines is 1. The highest BCUT2D eigenvalue weighted by Crippen LogP contribution is 2.23. The van der Waals surface area contributed by atoms with E-state index in [1.807, 2.05) is 17.7 Å². The number of sulfone groups is 1. The smallest absolute Gasteiger partial charge is 0.234 e. The molecule has 8 nitrogen and oxygen atoms in total. The van der Waals surface area contributed by atoms with Crippen molar-refractivity contribution in [3.63, 3.8) is 0 Å². The molecule has 1 N–H and O–H groups in total. The maximum absolute atomic E-state index is 12.1. The van der Waals surface area contributed by atoms with E-state index in [0.29, 0.717) is 29.2 Å². The van der Waals surface area contributed by atoms with Gasteiger partial charge in [0.1, 0.15) is 5.82 Å². The van der Waals surface area contributed by atoms with Crippen LogP contribution in [-0.4, -0.2) is 46.3 Å². The van der Waals surface area contributed by atoms with E-state index < -0.39 is 9.84 Å². The number of aromatic nitrogens is 3. The number of nitrogens with one attached hydrogen (secondary N) is 1. The van der Waals surface area contributed by atoms with Gasteiger partial charge in [0, 0.05) is 19.2 Å². The van der Waals surface area contributed by atoms with Crippen LogP contribution in [0.3, 0.4) is 0 Å². The largest absolute Gasteiger partial charge is 0.325 e. The second-order valence-electron chi connectivity index (χ2n) is 6.46. The molecule has 1 aliphatic rings. The number of benzene rings is 1. The van der Waals surface area contributed by atoms with Gasteiger partial charge in [0.25, 0.3) is 0 Å². The Bertz CT molecular complexity index is 977. The molecule has 0 spiro atoms. The Morgan fingerprint density at radius 2 is 2.11 bits per heavy atom. The molecule has 1 aliphatic heterocycles. The van der Waals surface area contributed by atoms with E-state index in [1.165, 1.54) is 11.8 Å². The Morgan fingerprint density at radius 3 is 2.74 bits per heavy atom. The highest BCUT2D eigenvalue weighted by molar-refractivity contribution is 7.99. The lowest BCUT2D eigenvalue weighted by atomic mass is 10.1. The summed E-state index contributed by atoms with van der Waals surface area (Å²) in [4.78, 5) is 12.1. The Kier molecular flexibility index (Phi) is 5.82. The minimum Gasteiger partial charge on any atom is -0.325 e. The van der Waals surface area contributed by atoms with E-state index in [1.54, 1.807) is 24.3 Å². The molecule has 1 amide bonds. The van der Waals surface area contributed by atoms with E-state index in [0.717, 1.165) is 5.82 Å². The first-order chi connectivity index (χ1) is 12.9. The zero-order chi connectivity index (χ0) is 19.4. The highest BCUT2D eigenvalue weighted by Gasteiger charge is 2.29. The van der Waals surface area contributed by atoms with E-state index in [4.69, 9.17) is 5.26 Å². The van der Waals surface area contributed by atoms with Gasteiger partial charge in [-0.05, 0) is 36.6 Å². The molecule has 0 radical (unpaired) electrons. The summed E-state index contributed by atoms with van der Waals surface area (Å²) in [5.41, 5.74) is 1.16. The van der Waals surface area contributed by atoms with Crippen LogP contribution in [0.4, 0.5) is 5.69 Å². The topological polar surface area (TPSA) is 118 Å². The summed E-state index contributed by atoms with van der Waals surface area (Å²) < 4.78 is 25.0. The second kappa shape index (κ2) is 8.10. The first kappa shape index (κ1) is 19.4. The van der Waals surface area contributed by atoms with Crippen LogP contribution in [0.5, 0.6) is 0 Å². The van der Waals surface area contributed by atoms with E-state index in [9.17, 15) is 13.2 Å². The highest BCUT2D eigenvalue weighted by atomic mass is 32.2. The lowest BCUT2D eigenvalue weighted by Crippen LogP contribution is -2.14. The third-order valence-corrected chi connectivity index (χ3v) is 7.21. The van der Waals surface area contributed by atoms with Crippen molar-refractivity contribution in [3.05, 3.63) is 35.7 Å². The van der Waals surface area contributed by atoms with Crippen molar-refractivity contribution in [2.75, 3.05) is 22.6 Å². The molecule has 0 bridgehead atoms. The van der Waals surface area contributed by atoms with Crippen LogP contribution in [0.25, 0.3) is 0 Å². The fourth-order valence-electron chi connectivity index (χ4n) is 2.89. The predicted octanol–water partition coefficient (Wildman–Crippen LogP) is 1.39. The van der Waals surface area contributed by atoms with Gasteiger partial charge in [-0.3, -0.25) is 4.79 Å². The zero-order valence-electron chi connectivity index (χ0n) is 14.8. The lowest BCUT2D eigenvalue weighted by Gasteiger charge is -2.08. The molecule has 142 valence electrons. The van der Waals surface area contributed by atoms with E-state index in [-0.39, 0.29) is 29.1 Å². The molecule has 2 heterocycles. The van der Waals surface area contributed by atoms with Crippen molar-refractivity contribution >= 4 is 33.2 Å². The third-order valence-electron chi connectivity index (χ3n) is 4.35. The number of nitrogens with zero attached hydrogens (tertiary/aromatic N) is 4. The molecular weight excluding hydrogens is 386 g/mol. The zero-order valence-corrected chi connectivity index (χ0v) is 16.4. The number of carbonyl (C=O) groups excluding carboxylic acids is 1. The van der Waals surface area contributed by atoms with Crippen LogP contribution in [0.1, 0.15) is 17.8 Å². The Balaban J connectivity index is 1.53. The van der Waals surface area contributed by atoms with E-state index >= 15 is 0 Å². The van der Waals surface area contributed by atoms with E-state index in [2.05, 4.69) is 15.5 Å². The summed E-state index contributed by atoms with van der Waals surface area (Å²) in [5, 5.41) is 20.4. The number of carbonyl (C=O) groups is 1. The van der Waals surface area contributed by atoms with Gasteiger partial charge in [-0.15, -0.1) is 10.2 Å². The van der Waals surface area contributed by atoms with Crippen LogP contribution >= 0.6 is 11.8 Å². The lowest BCUT2D eigenvalue weighted by molar-refractivity contribution is -0.113. The fourth-order valence-corrected chi connectivity index (χ4v) is 5.49. The number of amides is 1. The Labute approximate surface area is 161 Å². The first-order valence-corrected chi connectivity index (χ1v) is 11.2. The Hall–Kier alpha value is -2.38. The minimum atomic E-state index is -2.91. The molecule has 1 aromatic carbocycles. The third kappa shape index (κ3) is 5.08. The molecule has 0 aliphatic carbocycles. The SMILES string of the molecule is Cn1c(C[C@H]2CCS(=O)(=O)C2)nnc1SCC(=O)Nc1ccc(C#N)cc1. The average Bonchev–Trinajstić information content (AvgIpc) is 3.16. The summed E-state index contributed by atoms with van der Waals surface area (Å²) in [7, 11) is -1.09. The minimum absolute atomic E-state index is 0.0791. The van der Waals surface area contributed by atoms with Crippen LogP contribution in [0.15, 0.2) is 29.4 Å². The quantitative estimate of drug-likeness (QED) is 0.722. The second-order valence-corrected chi connectivity index (χ2v) is 9.63. The van der Waals surface area contributed by atoms with Crippen molar-refractivity contribution in [3.8, 4) is 6.07 Å². The summed E-state index contributed by atoms with van der Waals surface area (Å²) in [5.74, 6) is 1.24. The molecule has 2 aromatic rings. The summed E-state index contributed by atoms with van der Waals surface area (Å²) in [6.45, 7) is 0. The Morgan fingerprint density at radius 1 is 1.37 bits per heavy atom. The number of nitriles is 1. The van der Waals surface area contributed by atoms with Crippen molar-refractivity contribution in [1.82, 2.24) is 14.8 Å². The summed E-state index contributed by atoms with van der Waals surface area (Å²) in [6, 6.07) is 8.66. The molecular formula is C17H19N5O3S2. The number of rotatable bonds is 6. The maximum atomic E-state index is 12.1. The van der Waals surface area contributed by atoms with Gasteiger partial charge in [-0.1, -0.05) is 11.8 Å². The number of thioether (sulfide) groups is 1. The molecule has 1 saturated heterocycles. The standard InChI is InChI=1S/C17H19N5O3S2/c1-22-15(8-13-6-7-27(24,25)11-13)20-21-17(22)26-10-16(23)19-14-4-2-12(9-18)3-5-14/h2-5,13H,6-8,10-11H2,1H3,(H,19,23)/t13-/m1/s1.